The number of halogens is 1. The van der Waals surface area contributed by atoms with Crippen LogP contribution in [0, 0.1) is 24.1 Å². The van der Waals surface area contributed by atoms with Gasteiger partial charge in [-0.25, -0.2) is 4.39 Å². The predicted octanol–water partition coefficient (Wildman–Crippen LogP) is 2.26. The fraction of sp³-hybridized carbons (Fsp3) is 0.364. The number of rotatable bonds is 2. The largest absolute Gasteiger partial charge is 0.291 e. The van der Waals surface area contributed by atoms with Crippen molar-refractivity contribution in [3.8, 4) is 6.07 Å². The van der Waals surface area contributed by atoms with Crippen LogP contribution >= 0.6 is 0 Å². The Balaban J connectivity index is 3.13. The molecule has 1 rings (SSSR count). The fourth-order valence-electron chi connectivity index (χ4n) is 1.41. The Morgan fingerprint density at radius 2 is 2.07 bits per heavy atom. The molecule has 74 valence electrons. The molecule has 0 aromatic heterocycles. The van der Waals surface area contributed by atoms with Gasteiger partial charge in [-0.1, -0.05) is 6.07 Å². The van der Waals surface area contributed by atoms with Gasteiger partial charge in [0.1, 0.15) is 11.9 Å². The van der Waals surface area contributed by atoms with Gasteiger partial charge < -0.3 is 0 Å². The van der Waals surface area contributed by atoms with Gasteiger partial charge in [-0.3, -0.25) is 4.90 Å². The third-order valence-electron chi connectivity index (χ3n) is 2.17. The smallest absolute Gasteiger partial charge is 0.123 e. The zero-order valence-electron chi connectivity index (χ0n) is 8.58. The molecule has 0 spiro atoms. The van der Waals surface area contributed by atoms with Crippen LogP contribution in [0.1, 0.15) is 17.2 Å². The number of hydrogen-bond donors (Lipinski definition) is 0. The molecular formula is C11H13FN2. The number of hydrogen-bond acceptors (Lipinski definition) is 2. The molecule has 2 nitrogen and oxygen atoms in total. The summed E-state index contributed by atoms with van der Waals surface area (Å²) in [5.41, 5.74) is 1.67. The molecular weight excluding hydrogens is 179 g/mol. The molecule has 0 aliphatic carbocycles. The van der Waals surface area contributed by atoms with Crippen molar-refractivity contribution in [3.63, 3.8) is 0 Å². The van der Waals surface area contributed by atoms with Crippen molar-refractivity contribution in [2.75, 3.05) is 14.1 Å². The second kappa shape index (κ2) is 4.21. The van der Waals surface area contributed by atoms with E-state index < -0.39 is 0 Å². The minimum atomic E-state index is -0.310. The Bertz CT molecular complexity index is 366. The summed E-state index contributed by atoms with van der Waals surface area (Å²) in [5.74, 6) is -0.262. The molecule has 0 fully saturated rings. The number of benzene rings is 1. The lowest BCUT2D eigenvalue weighted by Gasteiger charge is -2.19. The summed E-state index contributed by atoms with van der Waals surface area (Å²) >= 11 is 0. The van der Waals surface area contributed by atoms with E-state index >= 15 is 0 Å². The van der Waals surface area contributed by atoms with E-state index in [1.807, 2.05) is 21.0 Å². The Labute approximate surface area is 83.6 Å². The monoisotopic (exact) mass is 192 g/mol. The molecule has 3 heteroatoms. The Morgan fingerprint density at radius 1 is 1.43 bits per heavy atom. The maximum atomic E-state index is 12.8. The molecule has 0 radical (unpaired) electrons. The summed E-state index contributed by atoms with van der Waals surface area (Å²) in [6.45, 7) is 1.81. The van der Waals surface area contributed by atoms with Gasteiger partial charge in [0.05, 0.1) is 6.07 Å². The molecule has 14 heavy (non-hydrogen) atoms. The second-order valence-corrected chi connectivity index (χ2v) is 3.50. The van der Waals surface area contributed by atoms with E-state index in [4.69, 9.17) is 5.26 Å². The van der Waals surface area contributed by atoms with E-state index in [0.29, 0.717) is 0 Å². The summed E-state index contributed by atoms with van der Waals surface area (Å²) in [5, 5.41) is 8.96. The van der Waals surface area contributed by atoms with Crippen molar-refractivity contribution in [2.45, 2.75) is 13.0 Å². The maximum absolute atomic E-state index is 12.8. The summed E-state index contributed by atoms with van der Waals surface area (Å²) in [7, 11) is 3.66. The van der Waals surface area contributed by atoms with E-state index in [9.17, 15) is 4.39 Å². The van der Waals surface area contributed by atoms with Crippen LogP contribution in [0.2, 0.25) is 0 Å². The summed E-state index contributed by atoms with van der Waals surface area (Å²) < 4.78 is 12.8. The lowest BCUT2D eigenvalue weighted by atomic mass is 10.0. The average Bonchev–Trinajstić information content (AvgIpc) is 2.09. The minimum absolute atomic E-state index is 0.262. The molecule has 0 aliphatic rings. The lowest BCUT2D eigenvalue weighted by Crippen LogP contribution is -2.19. The number of nitriles is 1. The van der Waals surface area contributed by atoms with Crippen LogP contribution in [-0.4, -0.2) is 19.0 Å². The van der Waals surface area contributed by atoms with Crippen molar-refractivity contribution in [2.24, 2.45) is 0 Å². The lowest BCUT2D eigenvalue weighted by molar-refractivity contribution is 0.357. The molecule has 0 heterocycles. The second-order valence-electron chi connectivity index (χ2n) is 3.50. The Kier molecular flexibility index (Phi) is 3.21. The highest BCUT2D eigenvalue weighted by Gasteiger charge is 2.15. The van der Waals surface area contributed by atoms with Gasteiger partial charge in [-0.05, 0) is 44.3 Å². The molecule has 1 aromatic rings. The zero-order chi connectivity index (χ0) is 10.7. The van der Waals surface area contributed by atoms with Gasteiger partial charge in [-0.2, -0.15) is 5.26 Å². The van der Waals surface area contributed by atoms with Gasteiger partial charge in [-0.15, -0.1) is 0 Å². The fourth-order valence-corrected chi connectivity index (χ4v) is 1.41. The molecule has 1 aromatic carbocycles. The van der Waals surface area contributed by atoms with E-state index in [0.717, 1.165) is 11.1 Å². The van der Waals surface area contributed by atoms with Gasteiger partial charge in [0.25, 0.3) is 0 Å². The van der Waals surface area contributed by atoms with Crippen LogP contribution in [0.15, 0.2) is 18.2 Å². The van der Waals surface area contributed by atoms with Crippen LogP contribution in [0.4, 0.5) is 4.39 Å². The highest BCUT2D eigenvalue weighted by Crippen LogP contribution is 2.21. The summed E-state index contributed by atoms with van der Waals surface area (Å²) in [6, 6.07) is 6.37. The first-order valence-corrected chi connectivity index (χ1v) is 4.38. The maximum Gasteiger partial charge on any atom is 0.123 e. The minimum Gasteiger partial charge on any atom is -0.291 e. The van der Waals surface area contributed by atoms with Crippen LogP contribution in [0.3, 0.4) is 0 Å². The van der Waals surface area contributed by atoms with Crippen LogP contribution in [0.25, 0.3) is 0 Å². The third-order valence-corrected chi connectivity index (χ3v) is 2.17. The van der Waals surface area contributed by atoms with E-state index in [1.165, 1.54) is 12.1 Å². The molecule has 0 saturated carbocycles. The van der Waals surface area contributed by atoms with Crippen LogP contribution in [-0.2, 0) is 0 Å². The molecule has 0 bridgehead atoms. The summed E-state index contributed by atoms with van der Waals surface area (Å²) in [6.07, 6.45) is 0. The van der Waals surface area contributed by atoms with Crippen molar-refractivity contribution in [1.29, 1.82) is 5.26 Å². The van der Waals surface area contributed by atoms with Crippen molar-refractivity contribution < 1.29 is 4.39 Å². The van der Waals surface area contributed by atoms with Crippen LogP contribution in [0.5, 0.6) is 0 Å². The zero-order valence-corrected chi connectivity index (χ0v) is 8.58. The van der Waals surface area contributed by atoms with Crippen LogP contribution < -0.4 is 0 Å². The quantitative estimate of drug-likeness (QED) is 0.718. The molecule has 1 atom stereocenters. The van der Waals surface area contributed by atoms with Crippen molar-refractivity contribution in [1.82, 2.24) is 4.90 Å². The van der Waals surface area contributed by atoms with Gasteiger partial charge in [0, 0.05) is 0 Å². The van der Waals surface area contributed by atoms with Gasteiger partial charge in [0.2, 0.25) is 0 Å². The number of aryl methyl sites for hydroxylation is 1. The van der Waals surface area contributed by atoms with Gasteiger partial charge >= 0.3 is 0 Å². The van der Waals surface area contributed by atoms with E-state index in [-0.39, 0.29) is 11.9 Å². The molecule has 0 N–H and O–H groups in total. The normalized spacial score (nSPS) is 12.6. The first-order valence-electron chi connectivity index (χ1n) is 4.38. The van der Waals surface area contributed by atoms with Gasteiger partial charge in [0.15, 0.2) is 0 Å². The molecule has 0 amide bonds. The standard InChI is InChI=1S/C11H13FN2/c1-8-6-9(12)4-5-10(8)11(7-13)14(2)3/h4-6,11H,1-3H3. The topological polar surface area (TPSA) is 27.0 Å². The highest BCUT2D eigenvalue weighted by molar-refractivity contribution is 5.32. The van der Waals surface area contributed by atoms with Crippen molar-refractivity contribution in [3.05, 3.63) is 35.1 Å². The molecule has 0 aliphatic heterocycles. The average molecular weight is 192 g/mol. The molecule has 1 unspecified atom stereocenters. The van der Waals surface area contributed by atoms with E-state index in [2.05, 4.69) is 6.07 Å². The summed E-state index contributed by atoms with van der Waals surface area (Å²) in [4.78, 5) is 1.81. The SMILES string of the molecule is Cc1cc(F)ccc1C(C#N)N(C)C. The number of nitrogens with zero attached hydrogens (tertiary/aromatic N) is 2. The third kappa shape index (κ3) is 2.09. The van der Waals surface area contributed by atoms with E-state index in [1.54, 1.807) is 11.0 Å². The Hall–Kier alpha value is -1.40. The highest BCUT2D eigenvalue weighted by atomic mass is 19.1. The van der Waals surface area contributed by atoms with Crippen molar-refractivity contribution >= 4 is 0 Å². The first-order chi connectivity index (χ1) is 6.56. The predicted molar refractivity (Wildman–Crippen MR) is 53.2 cm³/mol. The Morgan fingerprint density at radius 3 is 2.50 bits per heavy atom. The molecule has 0 saturated heterocycles. The first kappa shape index (κ1) is 10.7.